The van der Waals surface area contributed by atoms with Gasteiger partial charge in [0, 0.05) is 33.1 Å². The molecule has 0 aromatic rings. The van der Waals surface area contributed by atoms with Crippen molar-refractivity contribution in [2.45, 2.75) is 20.3 Å². The average molecular weight is 215 g/mol. The smallest absolute Gasteiger partial charge is 0.224 e. The molecule has 0 radical (unpaired) electrons. The minimum Gasteiger partial charge on any atom is -0.355 e. The Kier molecular flexibility index (Phi) is 7.35. The van der Waals surface area contributed by atoms with Crippen molar-refractivity contribution in [3.63, 3.8) is 0 Å². The van der Waals surface area contributed by atoms with Crippen molar-refractivity contribution in [3.05, 3.63) is 0 Å². The van der Waals surface area contributed by atoms with Gasteiger partial charge in [-0.05, 0) is 13.8 Å². The Hall–Kier alpha value is -1.30. The van der Waals surface area contributed by atoms with Gasteiger partial charge in [-0.3, -0.25) is 15.2 Å². The SMILES string of the molecule is CCN(CC)C(=O)CCNC(=NC)NN. The third-order valence-corrected chi connectivity index (χ3v) is 2.11. The lowest BCUT2D eigenvalue weighted by molar-refractivity contribution is -0.130. The normalized spacial score (nSPS) is 11.1. The minimum atomic E-state index is 0.139. The summed E-state index contributed by atoms with van der Waals surface area (Å²) in [5, 5.41) is 2.92. The second-order valence-electron chi connectivity index (χ2n) is 2.96. The first-order valence-corrected chi connectivity index (χ1v) is 5.14. The molecule has 0 saturated carbocycles. The van der Waals surface area contributed by atoms with Crippen LogP contribution in [0.2, 0.25) is 0 Å². The molecule has 0 aromatic carbocycles. The molecule has 0 rings (SSSR count). The van der Waals surface area contributed by atoms with E-state index in [9.17, 15) is 4.79 Å². The van der Waals surface area contributed by atoms with E-state index in [-0.39, 0.29) is 5.91 Å². The first kappa shape index (κ1) is 13.7. The molecular formula is C9H21N5O. The van der Waals surface area contributed by atoms with E-state index in [0.717, 1.165) is 13.1 Å². The number of amides is 1. The Morgan fingerprint density at radius 2 is 2.00 bits per heavy atom. The molecule has 0 atom stereocenters. The predicted molar refractivity (Wildman–Crippen MR) is 61.2 cm³/mol. The van der Waals surface area contributed by atoms with E-state index >= 15 is 0 Å². The maximum absolute atomic E-state index is 11.6. The lowest BCUT2D eigenvalue weighted by Gasteiger charge is -2.18. The molecule has 6 heteroatoms. The number of hydrazine groups is 1. The van der Waals surface area contributed by atoms with Gasteiger partial charge in [0.15, 0.2) is 0 Å². The van der Waals surface area contributed by atoms with Crippen molar-refractivity contribution in [2.75, 3.05) is 26.7 Å². The lowest BCUT2D eigenvalue weighted by atomic mass is 10.3. The first-order chi connectivity index (χ1) is 7.19. The van der Waals surface area contributed by atoms with Crippen LogP contribution in [0, 0.1) is 0 Å². The van der Waals surface area contributed by atoms with E-state index in [4.69, 9.17) is 5.84 Å². The number of hydrogen-bond donors (Lipinski definition) is 3. The molecule has 0 aliphatic heterocycles. The fraction of sp³-hybridized carbons (Fsp3) is 0.778. The molecular weight excluding hydrogens is 194 g/mol. The number of carbonyl (C=O) groups is 1. The van der Waals surface area contributed by atoms with Crippen molar-refractivity contribution in [2.24, 2.45) is 10.8 Å². The molecule has 1 amide bonds. The van der Waals surface area contributed by atoms with Crippen molar-refractivity contribution in [1.82, 2.24) is 15.6 Å². The Balaban J connectivity index is 3.81. The number of rotatable bonds is 5. The van der Waals surface area contributed by atoms with Gasteiger partial charge in [-0.25, -0.2) is 5.84 Å². The summed E-state index contributed by atoms with van der Waals surface area (Å²) >= 11 is 0. The van der Waals surface area contributed by atoms with Gasteiger partial charge in [0.25, 0.3) is 0 Å². The van der Waals surface area contributed by atoms with Crippen molar-refractivity contribution in [1.29, 1.82) is 0 Å². The number of nitrogens with two attached hydrogens (primary N) is 1. The van der Waals surface area contributed by atoms with Crippen LogP contribution < -0.4 is 16.6 Å². The van der Waals surface area contributed by atoms with E-state index in [1.165, 1.54) is 0 Å². The van der Waals surface area contributed by atoms with Gasteiger partial charge in [0.05, 0.1) is 0 Å². The fourth-order valence-corrected chi connectivity index (χ4v) is 1.22. The number of hydrogen-bond acceptors (Lipinski definition) is 3. The molecule has 0 unspecified atom stereocenters. The average Bonchev–Trinajstić information content (AvgIpc) is 2.26. The lowest BCUT2D eigenvalue weighted by Crippen LogP contribution is -2.43. The van der Waals surface area contributed by atoms with Gasteiger partial charge in [-0.15, -0.1) is 0 Å². The van der Waals surface area contributed by atoms with Gasteiger partial charge in [0.1, 0.15) is 0 Å². The van der Waals surface area contributed by atoms with E-state index in [1.54, 1.807) is 11.9 Å². The van der Waals surface area contributed by atoms with Gasteiger partial charge in [-0.1, -0.05) is 0 Å². The van der Waals surface area contributed by atoms with Crippen LogP contribution in [0.3, 0.4) is 0 Å². The largest absolute Gasteiger partial charge is 0.355 e. The predicted octanol–water partition coefficient (Wildman–Crippen LogP) is -0.716. The summed E-state index contributed by atoms with van der Waals surface area (Å²) in [5.41, 5.74) is 2.40. The molecule has 0 fully saturated rings. The van der Waals surface area contributed by atoms with E-state index in [1.807, 2.05) is 13.8 Å². The highest BCUT2D eigenvalue weighted by atomic mass is 16.2. The van der Waals surface area contributed by atoms with Crippen LogP contribution in [0.15, 0.2) is 4.99 Å². The molecule has 0 saturated heterocycles. The van der Waals surface area contributed by atoms with Gasteiger partial charge in [0.2, 0.25) is 11.9 Å². The highest BCUT2D eigenvalue weighted by molar-refractivity contribution is 5.80. The molecule has 0 aliphatic carbocycles. The molecule has 0 spiro atoms. The zero-order valence-corrected chi connectivity index (χ0v) is 9.71. The highest BCUT2D eigenvalue weighted by Crippen LogP contribution is 1.92. The van der Waals surface area contributed by atoms with Crippen molar-refractivity contribution in [3.8, 4) is 0 Å². The number of nitrogens with one attached hydrogen (secondary N) is 2. The minimum absolute atomic E-state index is 0.139. The molecule has 0 aliphatic rings. The number of guanidine groups is 1. The van der Waals surface area contributed by atoms with Gasteiger partial charge >= 0.3 is 0 Å². The zero-order chi connectivity index (χ0) is 11.7. The topological polar surface area (TPSA) is 82.8 Å². The van der Waals surface area contributed by atoms with Crippen LogP contribution in [0.1, 0.15) is 20.3 Å². The molecule has 15 heavy (non-hydrogen) atoms. The number of nitrogens with zero attached hydrogens (tertiary/aromatic N) is 2. The zero-order valence-electron chi connectivity index (χ0n) is 9.71. The summed E-state index contributed by atoms with van der Waals surface area (Å²) in [6, 6.07) is 0. The summed E-state index contributed by atoms with van der Waals surface area (Å²) in [6.07, 6.45) is 0.447. The van der Waals surface area contributed by atoms with Gasteiger partial charge in [-0.2, -0.15) is 0 Å². The van der Waals surface area contributed by atoms with Crippen LogP contribution in [0.25, 0.3) is 0 Å². The Labute approximate surface area is 90.9 Å². The molecule has 0 heterocycles. The Morgan fingerprint density at radius 3 is 2.40 bits per heavy atom. The van der Waals surface area contributed by atoms with Crippen LogP contribution in [0.4, 0.5) is 0 Å². The maximum atomic E-state index is 11.6. The fourth-order valence-electron chi connectivity index (χ4n) is 1.22. The van der Waals surface area contributed by atoms with Crippen LogP contribution in [-0.4, -0.2) is 43.4 Å². The molecule has 4 N–H and O–H groups in total. The molecule has 0 aromatic heterocycles. The standard InChI is InChI=1S/C9H21N5O/c1-4-14(5-2)8(15)6-7-12-9(11-3)13-10/h4-7,10H2,1-3H3,(H2,11,12,13). The molecule has 88 valence electrons. The third-order valence-electron chi connectivity index (χ3n) is 2.11. The summed E-state index contributed by atoms with van der Waals surface area (Å²) in [5.74, 6) is 5.80. The summed E-state index contributed by atoms with van der Waals surface area (Å²) in [7, 11) is 1.62. The monoisotopic (exact) mass is 215 g/mol. The van der Waals surface area contributed by atoms with E-state index in [2.05, 4.69) is 15.7 Å². The van der Waals surface area contributed by atoms with E-state index < -0.39 is 0 Å². The highest BCUT2D eigenvalue weighted by Gasteiger charge is 2.08. The summed E-state index contributed by atoms with van der Waals surface area (Å²) in [4.78, 5) is 17.2. The van der Waals surface area contributed by atoms with Gasteiger partial charge < -0.3 is 10.2 Å². The summed E-state index contributed by atoms with van der Waals surface area (Å²) in [6.45, 7) is 5.97. The Morgan fingerprint density at radius 1 is 1.40 bits per heavy atom. The quantitative estimate of drug-likeness (QED) is 0.245. The summed E-state index contributed by atoms with van der Waals surface area (Å²) < 4.78 is 0. The third kappa shape index (κ3) is 5.21. The second-order valence-corrected chi connectivity index (χ2v) is 2.96. The van der Waals surface area contributed by atoms with Crippen molar-refractivity contribution >= 4 is 11.9 Å². The molecule has 0 bridgehead atoms. The van der Waals surface area contributed by atoms with Crippen LogP contribution in [-0.2, 0) is 4.79 Å². The maximum Gasteiger partial charge on any atom is 0.224 e. The van der Waals surface area contributed by atoms with E-state index in [0.29, 0.717) is 18.9 Å². The number of carbonyl (C=O) groups excluding carboxylic acids is 1. The van der Waals surface area contributed by atoms with Crippen LogP contribution >= 0.6 is 0 Å². The number of aliphatic imine (C=N–C) groups is 1. The van der Waals surface area contributed by atoms with Crippen LogP contribution in [0.5, 0.6) is 0 Å². The first-order valence-electron chi connectivity index (χ1n) is 5.14. The Bertz CT molecular complexity index is 213. The molecule has 6 nitrogen and oxygen atoms in total. The van der Waals surface area contributed by atoms with Crippen molar-refractivity contribution < 1.29 is 4.79 Å². The second kappa shape index (κ2) is 8.05.